The summed E-state index contributed by atoms with van der Waals surface area (Å²) in [6.45, 7) is 12.6. The van der Waals surface area contributed by atoms with Gasteiger partial charge in [0, 0.05) is 36.2 Å². The average Bonchev–Trinajstić information content (AvgIpc) is 3.91. The van der Waals surface area contributed by atoms with Crippen LogP contribution in [0.4, 0.5) is 0 Å². The van der Waals surface area contributed by atoms with Crippen LogP contribution in [-0.4, -0.2) is 103 Å². The zero-order valence-electron chi connectivity index (χ0n) is 30.5. The fourth-order valence-electron chi connectivity index (χ4n) is 12.2. The van der Waals surface area contributed by atoms with Crippen molar-refractivity contribution in [1.29, 1.82) is 0 Å². The number of carbonyl (C=O) groups excluding carboxylic acids is 4. The van der Waals surface area contributed by atoms with Gasteiger partial charge in [0.05, 0.1) is 42.3 Å². The maximum atomic E-state index is 14.1. The van der Waals surface area contributed by atoms with Crippen molar-refractivity contribution in [2.75, 3.05) is 0 Å². The van der Waals surface area contributed by atoms with E-state index in [9.17, 15) is 39.6 Å². The number of furan rings is 1. The second kappa shape index (κ2) is 10.4. The van der Waals surface area contributed by atoms with Gasteiger partial charge in [-0.1, -0.05) is 48.5 Å². The van der Waals surface area contributed by atoms with Crippen LogP contribution in [0.15, 0.2) is 23.0 Å². The van der Waals surface area contributed by atoms with Gasteiger partial charge in [0.25, 0.3) is 0 Å². The molecule has 8 rings (SSSR count). The summed E-state index contributed by atoms with van der Waals surface area (Å²) in [5.74, 6) is -8.41. The Hall–Kier alpha value is -3.08. The first kappa shape index (κ1) is 35.9. The Bertz CT molecular complexity index is 1740. The molecule has 2 spiro atoms. The first-order valence-corrected chi connectivity index (χ1v) is 18.2. The van der Waals surface area contributed by atoms with Crippen LogP contribution < -0.4 is 0 Å². The summed E-state index contributed by atoms with van der Waals surface area (Å²) in [5, 5.41) is 52.5. The van der Waals surface area contributed by atoms with E-state index in [1.165, 1.54) is 12.5 Å². The molecule has 4 bridgehead atoms. The van der Waals surface area contributed by atoms with E-state index in [0.717, 1.165) is 6.92 Å². The van der Waals surface area contributed by atoms with Crippen molar-refractivity contribution < 1.29 is 72.4 Å². The normalized spacial score (nSPS) is 50.9. The zero-order valence-corrected chi connectivity index (χ0v) is 30.5. The van der Waals surface area contributed by atoms with Gasteiger partial charge in [-0.05, 0) is 18.9 Å². The molecule has 3 aliphatic heterocycles. The van der Waals surface area contributed by atoms with Crippen LogP contribution >= 0.6 is 0 Å². The summed E-state index contributed by atoms with van der Waals surface area (Å²) < 4.78 is 44.1. The molecule has 1 aromatic rings. The van der Waals surface area contributed by atoms with Gasteiger partial charge in [-0.25, -0.2) is 0 Å². The van der Waals surface area contributed by atoms with E-state index in [2.05, 4.69) is 0 Å². The topological polar surface area (TPSA) is 218 Å². The number of fused-ring (bicyclic) bond motifs is 4. The number of carbonyl (C=O) groups is 4. The molecule has 4 N–H and O–H groups in total. The van der Waals surface area contributed by atoms with Gasteiger partial charge in [-0.3, -0.25) is 19.2 Å². The third kappa shape index (κ3) is 3.51. The summed E-state index contributed by atoms with van der Waals surface area (Å²) >= 11 is 0. The van der Waals surface area contributed by atoms with E-state index >= 15 is 0 Å². The zero-order chi connectivity index (χ0) is 38.0. The molecule has 7 aliphatic rings. The largest absolute Gasteiger partial charge is 0.472 e. The van der Waals surface area contributed by atoms with Crippen molar-refractivity contribution in [2.24, 2.45) is 34.5 Å². The minimum Gasteiger partial charge on any atom is -0.472 e. The van der Waals surface area contributed by atoms with Gasteiger partial charge >= 0.3 is 23.9 Å². The highest BCUT2D eigenvalue weighted by Crippen LogP contribution is 2.85. The molecular formula is C37H48O15. The Balaban J connectivity index is 1.50. The first-order valence-electron chi connectivity index (χ1n) is 18.2. The Morgan fingerprint density at radius 3 is 2.25 bits per heavy atom. The van der Waals surface area contributed by atoms with Crippen molar-refractivity contribution >= 4 is 23.9 Å². The van der Waals surface area contributed by atoms with Crippen molar-refractivity contribution in [3.63, 3.8) is 0 Å². The predicted octanol–water partition coefficient (Wildman–Crippen LogP) is 1.61. The van der Waals surface area contributed by atoms with Crippen LogP contribution in [0.3, 0.4) is 0 Å². The summed E-state index contributed by atoms with van der Waals surface area (Å²) in [7, 11) is 0. The molecule has 4 saturated carbocycles. The molecule has 7 fully saturated rings. The van der Waals surface area contributed by atoms with Crippen molar-refractivity contribution in [1.82, 2.24) is 0 Å². The van der Waals surface area contributed by atoms with Crippen molar-refractivity contribution in [2.45, 2.75) is 145 Å². The number of rotatable bonds is 8. The number of hydrogen-bond acceptors (Lipinski definition) is 15. The van der Waals surface area contributed by atoms with E-state index in [1.807, 2.05) is 0 Å². The lowest BCUT2D eigenvalue weighted by molar-refractivity contribution is -0.447. The molecule has 0 aromatic carbocycles. The number of esters is 4. The monoisotopic (exact) mass is 732 g/mol. The van der Waals surface area contributed by atoms with Gasteiger partial charge < -0.3 is 53.3 Å². The minimum absolute atomic E-state index is 0.0501. The number of aliphatic hydroxyl groups is 4. The molecule has 15 atom stereocenters. The summed E-state index contributed by atoms with van der Waals surface area (Å²) in [6.07, 6.45) is -6.35. The summed E-state index contributed by atoms with van der Waals surface area (Å²) in [4.78, 5) is 54.4. The molecule has 0 radical (unpaired) electrons. The van der Waals surface area contributed by atoms with Crippen LogP contribution in [-0.2, 0) is 47.6 Å². The second-order valence-corrected chi connectivity index (χ2v) is 17.4. The highest BCUT2D eigenvalue weighted by Gasteiger charge is 3.05. The lowest BCUT2D eigenvalue weighted by atomic mass is 9.36. The van der Waals surface area contributed by atoms with Crippen LogP contribution in [0.1, 0.15) is 92.7 Å². The lowest BCUT2D eigenvalue weighted by Gasteiger charge is -2.75. The Morgan fingerprint density at radius 1 is 1.00 bits per heavy atom. The molecule has 4 heterocycles. The van der Waals surface area contributed by atoms with Crippen LogP contribution in [0.25, 0.3) is 0 Å². The number of aliphatic hydroxyl groups excluding tert-OH is 1. The van der Waals surface area contributed by atoms with Crippen molar-refractivity contribution in [3.05, 3.63) is 24.2 Å². The van der Waals surface area contributed by atoms with Gasteiger partial charge in [0.2, 0.25) is 0 Å². The first-order chi connectivity index (χ1) is 24.1. The fraction of sp³-hybridized carbons (Fsp3) is 0.784. The smallest absolute Gasteiger partial charge is 0.309 e. The Morgan fingerprint density at radius 2 is 1.67 bits per heavy atom. The van der Waals surface area contributed by atoms with Gasteiger partial charge in [-0.15, -0.1) is 0 Å². The van der Waals surface area contributed by atoms with Crippen LogP contribution in [0.5, 0.6) is 0 Å². The molecule has 15 nitrogen and oxygen atoms in total. The molecular weight excluding hydrogens is 684 g/mol. The predicted molar refractivity (Wildman–Crippen MR) is 171 cm³/mol. The molecule has 286 valence electrons. The van der Waals surface area contributed by atoms with Gasteiger partial charge in [0.15, 0.2) is 34.8 Å². The minimum atomic E-state index is -2.81. The summed E-state index contributed by atoms with van der Waals surface area (Å²) in [6, 6.07) is 1.57. The standard InChI is InChI=1S/C37H48O15/c1-9-32-13-21-31(8,23(19-10-11-46-14-19)48-26(40)16(2)3)24(49-27(41)17(4)5)25(47-18(6)38)36(45)35(21,52-32)29(51-32)34(44)28(42)30(7)15-33(34,43)37(36)20(30)12-22(39)50-37/h10-11,14,16-17,20-21,23-25,28-29,42-45H,9,12-13,15H2,1-8H3/t20-,21+,23-,24-,25+,28-,29+,30-,31+,32?,33-,34-,35+,36+,37-/m0/s1. The Kier molecular flexibility index (Phi) is 7.16. The lowest BCUT2D eigenvalue weighted by Crippen LogP contribution is -2.99. The molecule has 1 aromatic heterocycles. The molecule has 4 aliphatic carbocycles. The van der Waals surface area contributed by atoms with Crippen LogP contribution in [0, 0.1) is 34.5 Å². The third-order valence-corrected chi connectivity index (χ3v) is 14.3. The van der Waals surface area contributed by atoms with E-state index < -0.39 is 123 Å². The van der Waals surface area contributed by atoms with Gasteiger partial charge in [-0.2, -0.15) is 0 Å². The third-order valence-electron chi connectivity index (χ3n) is 14.3. The Labute approximate surface area is 300 Å². The quantitative estimate of drug-likeness (QED) is 0.221. The van der Waals surface area contributed by atoms with Crippen LogP contribution in [0.2, 0.25) is 0 Å². The molecule has 0 amide bonds. The maximum absolute atomic E-state index is 14.1. The molecule has 1 unspecified atom stereocenters. The maximum Gasteiger partial charge on any atom is 0.309 e. The highest BCUT2D eigenvalue weighted by atomic mass is 16.8. The summed E-state index contributed by atoms with van der Waals surface area (Å²) in [5.41, 5.74) is -15.6. The highest BCUT2D eigenvalue weighted by molar-refractivity contribution is 5.77. The van der Waals surface area contributed by atoms with E-state index in [-0.39, 0.29) is 25.7 Å². The van der Waals surface area contributed by atoms with E-state index in [0.29, 0.717) is 5.56 Å². The number of ether oxygens (including phenoxy) is 6. The fourth-order valence-corrected chi connectivity index (χ4v) is 12.2. The second-order valence-electron chi connectivity index (χ2n) is 17.4. The SMILES string of the molecule is CCC12C[C@@H]3[C@](C)([C@@H](OC(=O)C(C)C)c4ccoc4)[C@@H](OC(=O)C(C)C)[C@@H](OC(C)=O)[C@@]4(O)[C@]3(O1)[C@H](O2)[C@@]1(O)[C@@H](O)[C@@]2(C)C[C@@]1(O)[C@]41OC(=O)C[C@@H]21. The van der Waals surface area contributed by atoms with E-state index in [1.54, 1.807) is 54.5 Å². The van der Waals surface area contributed by atoms with Gasteiger partial charge in [0.1, 0.15) is 23.4 Å². The van der Waals surface area contributed by atoms with E-state index in [4.69, 9.17) is 32.8 Å². The molecule has 52 heavy (non-hydrogen) atoms. The molecule has 15 heteroatoms. The number of hydrogen-bond donors (Lipinski definition) is 4. The molecule has 3 saturated heterocycles. The van der Waals surface area contributed by atoms with Crippen molar-refractivity contribution in [3.8, 4) is 0 Å². The average molecular weight is 733 g/mol.